The van der Waals surface area contributed by atoms with Gasteiger partial charge in [0.25, 0.3) is 11.5 Å². The van der Waals surface area contributed by atoms with E-state index in [4.69, 9.17) is 9.47 Å². The summed E-state index contributed by atoms with van der Waals surface area (Å²) in [7, 11) is 4.10. The van der Waals surface area contributed by atoms with Gasteiger partial charge in [-0.3, -0.25) is 9.59 Å². The summed E-state index contributed by atoms with van der Waals surface area (Å²) in [4.78, 5) is 40.3. The Morgan fingerprint density at radius 1 is 1.03 bits per heavy atom. The van der Waals surface area contributed by atoms with Gasteiger partial charge in [0.2, 0.25) is 0 Å². The van der Waals surface area contributed by atoms with Crippen molar-refractivity contribution in [3.8, 4) is 11.5 Å². The third-order valence-electron chi connectivity index (χ3n) is 5.99. The average molecular weight is 498 g/mol. The molecule has 1 aromatic heterocycles. The number of anilines is 2. The van der Waals surface area contributed by atoms with Gasteiger partial charge in [-0.05, 0) is 18.2 Å². The molecule has 11 heteroatoms. The van der Waals surface area contributed by atoms with Gasteiger partial charge in [0.1, 0.15) is 29.2 Å². The van der Waals surface area contributed by atoms with Crippen LogP contribution in [0.25, 0.3) is 0 Å². The van der Waals surface area contributed by atoms with Gasteiger partial charge in [0, 0.05) is 49.1 Å². The van der Waals surface area contributed by atoms with Crippen molar-refractivity contribution >= 4 is 23.3 Å². The SMILES string of the molecule is COc1cc(F)c([C@@H]2CN(c3c(OC)ccn(C)c3=O)C(=O)[C@H]2NC(=O)Nc2ccccc2)c(F)c1. The molecule has 188 valence electrons. The van der Waals surface area contributed by atoms with Gasteiger partial charge in [-0.2, -0.15) is 0 Å². The van der Waals surface area contributed by atoms with Crippen molar-refractivity contribution in [3.63, 3.8) is 0 Å². The molecular weight excluding hydrogens is 474 g/mol. The number of hydrogen-bond acceptors (Lipinski definition) is 5. The zero-order valence-corrected chi connectivity index (χ0v) is 19.7. The molecule has 3 aromatic rings. The van der Waals surface area contributed by atoms with Crippen LogP contribution < -0.4 is 30.6 Å². The van der Waals surface area contributed by atoms with Crippen LogP contribution in [0.15, 0.2) is 59.5 Å². The molecule has 0 saturated carbocycles. The molecule has 2 N–H and O–H groups in total. The van der Waals surface area contributed by atoms with Gasteiger partial charge in [0.05, 0.1) is 14.2 Å². The van der Waals surface area contributed by atoms with Gasteiger partial charge < -0.3 is 29.6 Å². The van der Waals surface area contributed by atoms with Crippen molar-refractivity contribution in [3.05, 3.63) is 82.3 Å². The predicted molar refractivity (Wildman–Crippen MR) is 129 cm³/mol. The Bertz CT molecular complexity index is 1340. The smallest absolute Gasteiger partial charge is 0.319 e. The Morgan fingerprint density at radius 2 is 1.69 bits per heavy atom. The largest absolute Gasteiger partial charge is 0.497 e. The number of hydrogen-bond donors (Lipinski definition) is 2. The molecule has 0 bridgehead atoms. The third kappa shape index (κ3) is 4.59. The maximum Gasteiger partial charge on any atom is 0.319 e. The monoisotopic (exact) mass is 498 g/mol. The van der Waals surface area contributed by atoms with E-state index in [0.29, 0.717) is 5.69 Å². The molecule has 2 aromatic carbocycles. The van der Waals surface area contributed by atoms with E-state index in [-0.39, 0.29) is 23.7 Å². The summed E-state index contributed by atoms with van der Waals surface area (Å²) in [6.45, 7) is -0.287. The number of para-hydroxylation sites is 1. The maximum absolute atomic E-state index is 15.1. The number of urea groups is 1. The van der Waals surface area contributed by atoms with Gasteiger partial charge in [-0.25, -0.2) is 13.6 Å². The molecule has 0 spiro atoms. The van der Waals surface area contributed by atoms with Crippen molar-refractivity contribution in [2.24, 2.45) is 7.05 Å². The van der Waals surface area contributed by atoms with Gasteiger partial charge in [-0.1, -0.05) is 18.2 Å². The quantitative estimate of drug-likeness (QED) is 0.544. The Kier molecular flexibility index (Phi) is 6.91. The van der Waals surface area contributed by atoms with Crippen LogP contribution in [0.4, 0.5) is 25.0 Å². The van der Waals surface area contributed by atoms with Crippen LogP contribution in [-0.4, -0.2) is 43.3 Å². The topological polar surface area (TPSA) is 102 Å². The molecule has 1 aliphatic heterocycles. The third-order valence-corrected chi connectivity index (χ3v) is 5.99. The van der Waals surface area contributed by atoms with Crippen molar-refractivity contribution in [1.29, 1.82) is 0 Å². The number of benzene rings is 2. The molecular formula is C25H24F2N4O5. The summed E-state index contributed by atoms with van der Waals surface area (Å²) >= 11 is 0. The molecule has 9 nitrogen and oxygen atoms in total. The molecule has 0 radical (unpaired) electrons. The highest BCUT2D eigenvalue weighted by molar-refractivity contribution is 6.04. The first-order chi connectivity index (χ1) is 17.2. The minimum absolute atomic E-state index is 0.0418. The van der Waals surface area contributed by atoms with Crippen LogP contribution in [0.5, 0.6) is 11.5 Å². The van der Waals surface area contributed by atoms with Crippen LogP contribution >= 0.6 is 0 Å². The lowest BCUT2D eigenvalue weighted by Crippen LogP contribution is -2.46. The van der Waals surface area contributed by atoms with Gasteiger partial charge in [0.15, 0.2) is 5.69 Å². The summed E-state index contributed by atoms with van der Waals surface area (Å²) in [6, 6.07) is 9.80. The van der Waals surface area contributed by atoms with Crippen molar-refractivity contribution in [2.45, 2.75) is 12.0 Å². The molecule has 2 atom stereocenters. The van der Waals surface area contributed by atoms with E-state index in [1.54, 1.807) is 30.3 Å². The van der Waals surface area contributed by atoms with E-state index in [0.717, 1.165) is 17.0 Å². The number of ether oxygens (including phenoxy) is 2. The zero-order chi connectivity index (χ0) is 26.0. The number of nitrogens with zero attached hydrogens (tertiary/aromatic N) is 2. The number of aromatic nitrogens is 1. The fourth-order valence-electron chi connectivity index (χ4n) is 4.23. The molecule has 2 heterocycles. The number of aryl methyl sites for hydroxylation is 1. The molecule has 1 aliphatic rings. The number of pyridine rings is 1. The summed E-state index contributed by atoms with van der Waals surface area (Å²) in [5.41, 5.74) is -0.608. The highest BCUT2D eigenvalue weighted by Gasteiger charge is 2.46. The average Bonchev–Trinajstić information content (AvgIpc) is 3.15. The van der Waals surface area contributed by atoms with Crippen LogP contribution in [-0.2, 0) is 11.8 Å². The fourth-order valence-corrected chi connectivity index (χ4v) is 4.23. The molecule has 1 fully saturated rings. The van der Waals surface area contributed by atoms with E-state index in [1.807, 2.05) is 0 Å². The lowest BCUT2D eigenvalue weighted by molar-refractivity contribution is -0.118. The maximum atomic E-state index is 15.1. The van der Waals surface area contributed by atoms with Crippen molar-refractivity contribution in [1.82, 2.24) is 9.88 Å². The van der Waals surface area contributed by atoms with Crippen LogP contribution in [0.2, 0.25) is 0 Å². The molecule has 0 aliphatic carbocycles. The lowest BCUT2D eigenvalue weighted by atomic mass is 9.93. The first-order valence-corrected chi connectivity index (χ1v) is 11.0. The summed E-state index contributed by atoms with van der Waals surface area (Å²) in [5, 5.41) is 5.11. The Morgan fingerprint density at radius 3 is 2.31 bits per heavy atom. The standard InChI is InChI=1S/C25H24F2N4O5/c1-30-10-9-19(36-3)22(24(30)33)31-13-16(20-17(26)11-15(35-2)12-18(20)27)21(23(31)32)29-25(34)28-14-7-5-4-6-8-14/h4-12,16,21H,13H2,1-3H3,(H2,28,29,34)/t16-,21-/m0/s1. The van der Waals surface area contributed by atoms with Crippen LogP contribution in [0, 0.1) is 11.6 Å². The molecule has 4 rings (SSSR count). The number of rotatable bonds is 6. The zero-order valence-electron chi connectivity index (χ0n) is 19.7. The fraction of sp³-hybridized carbons (Fsp3) is 0.240. The summed E-state index contributed by atoms with van der Waals surface area (Å²) in [5.74, 6) is -3.72. The van der Waals surface area contributed by atoms with Crippen LogP contribution in [0.3, 0.4) is 0 Å². The molecule has 1 saturated heterocycles. The molecule has 0 unspecified atom stereocenters. The lowest BCUT2D eigenvalue weighted by Gasteiger charge is -2.20. The Hall–Kier alpha value is -4.41. The number of carbonyl (C=O) groups excluding carboxylic acids is 2. The second kappa shape index (κ2) is 10.1. The van der Waals surface area contributed by atoms with E-state index in [2.05, 4.69) is 10.6 Å². The second-order valence-electron chi connectivity index (χ2n) is 8.15. The van der Waals surface area contributed by atoms with Gasteiger partial charge >= 0.3 is 6.03 Å². The minimum Gasteiger partial charge on any atom is -0.497 e. The van der Waals surface area contributed by atoms with Crippen LogP contribution in [0.1, 0.15) is 11.5 Å². The highest BCUT2D eigenvalue weighted by Crippen LogP contribution is 2.38. The number of halogens is 2. The van der Waals surface area contributed by atoms with E-state index in [1.165, 1.54) is 38.1 Å². The number of methoxy groups -OCH3 is 2. The van der Waals surface area contributed by atoms with Crippen molar-refractivity contribution in [2.75, 3.05) is 31.0 Å². The van der Waals surface area contributed by atoms with E-state index >= 15 is 8.78 Å². The van der Waals surface area contributed by atoms with E-state index < -0.39 is 46.7 Å². The normalized spacial score (nSPS) is 17.1. The molecule has 36 heavy (non-hydrogen) atoms. The predicted octanol–water partition coefficient (Wildman–Crippen LogP) is 3.00. The molecule has 3 amide bonds. The second-order valence-corrected chi connectivity index (χ2v) is 8.15. The summed E-state index contributed by atoms with van der Waals surface area (Å²) < 4.78 is 41.6. The number of carbonyl (C=O) groups is 2. The van der Waals surface area contributed by atoms with Gasteiger partial charge in [-0.15, -0.1) is 0 Å². The van der Waals surface area contributed by atoms with Crippen molar-refractivity contribution < 1.29 is 27.8 Å². The Balaban J connectivity index is 1.77. The number of amides is 3. The Labute approximate surface area is 205 Å². The summed E-state index contributed by atoms with van der Waals surface area (Å²) in [6.07, 6.45) is 1.47. The highest BCUT2D eigenvalue weighted by atomic mass is 19.1. The first kappa shape index (κ1) is 24.7. The number of nitrogens with one attached hydrogen (secondary N) is 2. The first-order valence-electron chi connectivity index (χ1n) is 11.0. The minimum atomic E-state index is -1.39. The van der Waals surface area contributed by atoms with E-state index in [9.17, 15) is 14.4 Å².